The predicted octanol–water partition coefficient (Wildman–Crippen LogP) is 3.99. The van der Waals surface area contributed by atoms with E-state index in [1.807, 2.05) is 12.1 Å². The maximum absolute atomic E-state index is 6.38. The van der Waals surface area contributed by atoms with Crippen LogP contribution in [0.2, 0.25) is 10.0 Å². The Morgan fingerprint density at radius 1 is 1.00 bits per heavy atom. The highest BCUT2D eigenvalue weighted by molar-refractivity contribution is 6.35. The van der Waals surface area contributed by atoms with Crippen molar-refractivity contribution in [3.63, 3.8) is 0 Å². The second-order valence-electron chi connectivity index (χ2n) is 5.23. The van der Waals surface area contributed by atoms with Crippen molar-refractivity contribution in [3.05, 3.63) is 69.2 Å². The predicted molar refractivity (Wildman–Crippen MR) is 81.0 cm³/mol. The summed E-state index contributed by atoms with van der Waals surface area (Å²) >= 11 is 12.4. The van der Waals surface area contributed by atoms with Crippen LogP contribution in [0.4, 0.5) is 0 Å². The van der Waals surface area contributed by atoms with E-state index < -0.39 is 0 Å². The third kappa shape index (κ3) is 2.16. The molecule has 0 bridgehead atoms. The van der Waals surface area contributed by atoms with Gasteiger partial charge in [-0.25, -0.2) is 0 Å². The lowest BCUT2D eigenvalue weighted by atomic mass is 9.78. The van der Waals surface area contributed by atoms with Gasteiger partial charge in [-0.1, -0.05) is 53.5 Å². The molecule has 98 valence electrons. The summed E-state index contributed by atoms with van der Waals surface area (Å²) < 4.78 is 0. The van der Waals surface area contributed by atoms with E-state index in [4.69, 9.17) is 28.9 Å². The molecule has 0 fully saturated rings. The first-order valence-electron chi connectivity index (χ1n) is 6.37. The minimum absolute atomic E-state index is 0.0919. The van der Waals surface area contributed by atoms with E-state index in [0.29, 0.717) is 16.6 Å². The highest BCUT2D eigenvalue weighted by atomic mass is 35.5. The Bertz CT molecular complexity index is 597. The monoisotopic (exact) mass is 291 g/mol. The molecule has 0 saturated heterocycles. The van der Waals surface area contributed by atoms with Crippen molar-refractivity contribution >= 4 is 23.2 Å². The molecule has 1 nitrogen and oxygen atoms in total. The second-order valence-corrected chi connectivity index (χ2v) is 6.07. The van der Waals surface area contributed by atoms with E-state index in [-0.39, 0.29) is 5.41 Å². The fourth-order valence-corrected chi connectivity index (χ4v) is 3.67. The van der Waals surface area contributed by atoms with Gasteiger partial charge >= 0.3 is 0 Å². The number of rotatable bonds is 2. The van der Waals surface area contributed by atoms with E-state index in [1.54, 1.807) is 6.07 Å². The Balaban J connectivity index is 2.07. The molecule has 19 heavy (non-hydrogen) atoms. The molecular weight excluding hydrogens is 277 g/mol. The molecule has 0 radical (unpaired) electrons. The molecular formula is C16H15Cl2N. The average molecular weight is 292 g/mol. The zero-order valence-electron chi connectivity index (χ0n) is 10.5. The molecule has 3 heteroatoms. The third-order valence-electron chi connectivity index (χ3n) is 4.07. The first-order valence-corrected chi connectivity index (χ1v) is 7.13. The van der Waals surface area contributed by atoms with E-state index in [9.17, 15) is 0 Å². The largest absolute Gasteiger partial charge is 0.330 e. The van der Waals surface area contributed by atoms with Crippen molar-refractivity contribution in [2.24, 2.45) is 5.73 Å². The van der Waals surface area contributed by atoms with Crippen LogP contribution < -0.4 is 5.73 Å². The maximum Gasteiger partial charge on any atom is 0.0459 e. The van der Waals surface area contributed by atoms with Crippen molar-refractivity contribution in [1.82, 2.24) is 0 Å². The lowest BCUT2D eigenvalue weighted by Crippen LogP contribution is -2.36. The third-order valence-corrected chi connectivity index (χ3v) is 4.62. The molecule has 0 spiro atoms. The van der Waals surface area contributed by atoms with Crippen LogP contribution in [0.5, 0.6) is 0 Å². The first-order chi connectivity index (χ1) is 9.14. The Morgan fingerprint density at radius 3 is 2.16 bits per heavy atom. The summed E-state index contributed by atoms with van der Waals surface area (Å²) in [7, 11) is 0. The van der Waals surface area contributed by atoms with Gasteiger partial charge in [0.2, 0.25) is 0 Å². The second kappa shape index (κ2) is 4.82. The lowest BCUT2D eigenvalue weighted by Gasteiger charge is -2.29. The quantitative estimate of drug-likeness (QED) is 0.890. The van der Waals surface area contributed by atoms with Crippen molar-refractivity contribution in [1.29, 1.82) is 0 Å². The van der Waals surface area contributed by atoms with E-state index in [1.165, 1.54) is 11.1 Å². The number of benzene rings is 2. The molecule has 0 aliphatic heterocycles. The Kier molecular flexibility index (Phi) is 3.30. The van der Waals surface area contributed by atoms with Crippen LogP contribution in [0.1, 0.15) is 16.7 Å². The normalized spacial score (nSPS) is 16.4. The van der Waals surface area contributed by atoms with E-state index >= 15 is 0 Å². The minimum atomic E-state index is -0.0919. The number of halogens is 2. The Hall–Kier alpha value is -1.02. The summed E-state index contributed by atoms with van der Waals surface area (Å²) in [5.74, 6) is 0. The minimum Gasteiger partial charge on any atom is -0.330 e. The standard InChI is InChI=1S/C16H15Cl2N/c17-13-5-6-14(15(18)7-13)16(10-19)8-11-3-1-2-4-12(11)9-16/h1-7H,8-10,19H2. The topological polar surface area (TPSA) is 26.0 Å². The Labute approximate surface area is 123 Å². The van der Waals surface area contributed by atoms with E-state index in [2.05, 4.69) is 24.3 Å². The van der Waals surface area contributed by atoms with Crippen molar-refractivity contribution in [3.8, 4) is 0 Å². The summed E-state index contributed by atoms with van der Waals surface area (Å²) in [5.41, 5.74) is 9.86. The van der Waals surface area contributed by atoms with Crippen LogP contribution >= 0.6 is 23.2 Å². The molecule has 2 aromatic carbocycles. The average Bonchev–Trinajstić information content (AvgIpc) is 2.78. The maximum atomic E-state index is 6.38. The van der Waals surface area contributed by atoms with E-state index in [0.717, 1.165) is 18.4 Å². The van der Waals surface area contributed by atoms with Gasteiger partial charge in [0.15, 0.2) is 0 Å². The fourth-order valence-electron chi connectivity index (χ4n) is 3.06. The molecule has 0 saturated carbocycles. The molecule has 1 aliphatic rings. The van der Waals surface area contributed by atoms with Gasteiger partial charge in [-0.15, -0.1) is 0 Å². The highest BCUT2D eigenvalue weighted by Crippen LogP contribution is 2.42. The molecule has 2 N–H and O–H groups in total. The molecule has 2 aromatic rings. The molecule has 1 aliphatic carbocycles. The summed E-state index contributed by atoms with van der Waals surface area (Å²) in [6, 6.07) is 14.2. The molecule has 0 unspecified atom stereocenters. The Morgan fingerprint density at radius 2 is 1.63 bits per heavy atom. The van der Waals surface area contributed by atoms with Crippen LogP contribution in [0, 0.1) is 0 Å². The number of hydrogen-bond acceptors (Lipinski definition) is 1. The molecule has 0 amide bonds. The van der Waals surface area contributed by atoms with Gasteiger partial charge in [-0.3, -0.25) is 0 Å². The number of nitrogens with two attached hydrogens (primary N) is 1. The van der Waals surface area contributed by atoms with Gasteiger partial charge in [0.1, 0.15) is 0 Å². The van der Waals surface area contributed by atoms with Crippen LogP contribution in [-0.2, 0) is 18.3 Å². The summed E-state index contributed by atoms with van der Waals surface area (Å²) in [6.45, 7) is 0.586. The van der Waals surface area contributed by atoms with Gasteiger partial charge < -0.3 is 5.73 Å². The van der Waals surface area contributed by atoms with Gasteiger partial charge in [0.25, 0.3) is 0 Å². The molecule has 3 rings (SSSR count). The van der Waals surface area contributed by atoms with Crippen LogP contribution in [-0.4, -0.2) is 6.54 Å². The van der Waals surface area contributed by atoms with Gasteiger partial charge in [0.05, 0.1) is 0 Å². The summed E-state index contributed by atoms with van der Waals surface area (Å²) in [5, 5.41) is 1.38. The van der Waals surface area contributed by atoms with Crippen molar-refractivity contribution < 1.29 is 0 Å². The van der Waals surface area contributed by atoms with Crippen molar-refractivity contribution in [2.75, 3.05) is 6.54 Å². The van der Waals surface area contributed by atoms with Gasteiger partial charge in [-0.05, 0) is 41.7 Å². The van der Waals surface area contributed by atoms with Crippen LogP contribution in [0.25, 0.3) is 0 Å². The smallest absolute Gasteiger partial charge is 0.0459 e. The molecule has 0 aromatic heterocycles. The van der Waals surface area contributed by atoms with Gasteiger partial charge in [0, 0.05) is 22.0 Å². The lowest BCUT2D eigenvalue weighted by molar-refractivity contribution is 0.464. The van der Waals surface area contributed by atoms with Gasteiger partial charge in [-0.2, -0.15) is 0 Å². The number of hydrogen-bond donors (Lipinski definition) is 1. The zero-order chi connectivity index (χ0) is 13.5. The molecule has 0 atom stereocenters. The van der Waals surface area contributed by atoms with Crippen LogP contribution in [0.15, 0.2) is 42.5 Å². The summed E-state index contributed by atoms with van der Waals surface area (Å²) in [4.78, 5) is 0. The fraction of sp³-hybridized carbons (Fsp3) is 0.250. The first kappa shape index (κ1) is 13.0. The highest BCUT2D eigenvalue weighted by Gasteiger charge is 2.38. The molecule has 0 heterocycles. The number of fused-ring (bicyclic) bond motifs is 1. The zero-order valence-corrected chi connectivity index (χ0v) is 12.0. The SMILES string of the molecule is NCC1(c2ccc(Cl)cc2Cl)Cc2ccccc2C1. The van der Waals surface area contributed by atoms with Crippen molar-refractivity contribution in [2.45, 2.75) is 18.3 Å². The van der Waals surface area contributed by atoms with Crippen LogP contribution in [0.3, 0.4) is 0 Å². The summed E-state index contributed by atoms with van der Waals surface area (Å²) in [6.07, 6.45) is 1.89.